The fourth-order valence-electron chi connectivity index (χ4n) is 1.27. The molecule has 0 aliphatic carbocycles. The molecule has 0 aliphatic heterocycles. The van der Waals surface area contributed by atoms with Crippen LogP contribution < -0.4 is 16.0 Å². The van der Waals surface area contributed by atoms with Gasteiger partial charge in [0, 0.05) is 6.04 Å². The van der Waals surface area contributed by atoms with Crippen LogP contribution in [0.3, 0.4) is 0 Å². The number of carbonyl (C=O) groups is 3. The maximum atomic E-state index is 11.4. The second-order valence-corrected chi connectivity index (χ2v) is 4.16. The first-order valence-electron chi connectivity index (χ1n) is 5.87. The molecule has 1 rings (SSSR count). The molecule has 0 saturated heterocycles. The second-order valence-electron chi connectivity index (χ2n) is 4.16. The van der Waals surface area contributed by atoms with Gasteiger partial charge >= 0.3 is 0 Å². The minimum absolute atomic E-state index is 0.0167. The number of nitrogens with one attached hydrogen (secondary N) is 3. The third kappa shape index (κ3) is 5.71. The monoisotopic (exact) mass is 267 g/mol. The van der Waals surface area contributed by atoms with Gasteiger partial charge in [-0.2, -0.15) is 0 Å². The Kier molecular flexibility index (Phi) is 5.59. The number of hydrogen-bond acceptors (Lipinski definition) is 4. The first kappa shape index (κ1) is 14.7. The number of carbonyl (C=O) groups excluding carboxylic acids is 3. The van der Waals surface area contributed by atoms with Crippen molar-refractivity contribution in [3.63, 3.8) is 0 Å². The molecule has 3 amide bonds. The molecule has 0 saturated carbocycles. The Labute approximate surface area is 110 Å². The second kappa shape index (κ2) is 7.20. The Morgan fingerprint density at radius 2 is 1.84 bits per heavy atom. The van der Waals surface area contributed by atoms with Gasteiger partial charge in [-0.25, -0.2) is 0 Å². The fourth-order valence-corrected chi connectivity index (χ4v) is 1.27. The first-order chi connectivity index (χ1) is 8.99. The van der Waals surface area contributed by atoms with E-state index >= 15 is 0 Å². The molecule has 1 aromatic rings. The molecular formula is C12H17N3O4. The van der Waals surface area contributed by atoms with Crippen molar-refractivity contribution in [1.82, 2.24) is 16.0 Å². The van der Waals surface area contributed by atoms with Crippen LogP contribution in [0.5, 0.6) is 0 Å². The van der Waals surface area contributed by atoms with E-state index in [0.717, 1.165) is 0 Å². The summed E-state index contributed by atoms with van der Waals surface area (Å²) in [7, 11) is 0. The van der Waals surface area contributed by atoms with Gasteiger partial charge in [0.25, 0.3) is 5.91 Å². The van der Waals surface area contributed by atoms with Crippen LogP contribution in [0, 0.1) is 0 Å². The molecule has 0 bridgehead atoms. The molecule has 1 aromatic heterocycles. The van der Waals surface area contributed by atoms with Crippen molar-refractivity contribution in [3.8, 4) is 0 Å². The number of rotatable bonds is 6. The smallest absolute Gasteiger partial charge is 0.287 e. The van der Waals surface area contributed by atoms with E-state index < -0.39 is 11.8 Å². The SMILES string of the molecule is CC(C)NC(=O)CNC(=O)CNC(=O)c1ccco1. The predicted octanol–water partition coefficient (Wildman–Crippen LogP) is -0.350. The van der Waals surface area contributed by atoms with E-state index in [-0.39, 0.29) is 30.8 Å². The highest BCUT2D eigenvalue weighted by molar-refractivity contribution is 5.94. The van der Waals surface area contributed by atoms with E-state index in [1.165, 1.54) is 12.3 Å². The van der Waals surface area contributed by atoms with Crippen LogP contribution in [0.1, 0.15) is 24.4 Å². The summed E-state index contributed by atoms with van der Waals surface area (Å²) in [4.78, 5) is 34.1. The number of furan rings is 1. The zero-order valence-corrected chi connectivity index (χ0v) is 10.9. The molecule has 19 heavy (non-hydrogen) atoms. The van der Waals surface area contributed by atoms with Crippen molar-refractivity contribution < 1.29 is 18.8 Å². The van der Waals surface area contributed by atoms with Crippen LogP contribution in [-0.4, -0.2) is 36.9 Å². The Bertz CT molecular complexity index is 440. The molecule has 0 aliphatic rings. The lowest BCUT2D eigenvalue weighted by atomic mass is 10.4. The summed E-state index contributed by atoms with van der Waals surface area (Å²) >= 11 is 0. The van der Waals surface area contributed by atoms with Crippen LogP contribution in [0.15, 0.2) is 22.8 Å². The summed E-state index contributed by atoms with van der Waals surface area (Å²) in [5.41, 5.74) is 0. The Morgan fingerprint density at radius 1 is 1.16 bits per heavy atom. The van der Waals surface area contributed by atoms with Gasteiger partial charge in [0.05, 0.1) is 19.4 Å². The third-order valence-corrected chi connectivity index (χ3v) is 2.05. The van der Waals surface area contributed by atoms with Gasteiger partial charge in [-0.05, 0) is 26.0 Å². The van der Waals surface area contributed by atoms with Gasteiger partial charge in [0.15, 0.2) is 5.76 Å². The van der Waals surface area contributed by atoms with Crippen molar-refractivity contribution in [2.75, 3.05) is 13.1 Å². The highest BCUT2D eigenvalue weighted by atomic mass is 16.3. The van der Waals surface area contributed by atoms with Crippen LogP contribution >= 0.6 is 0 Å². The highest BCUT2D eigenvalue weighted by Gasteiger charge is 2.11. The van der Waals surface area contributed by atoms with Crippen molar-refractivity contribution in [3.05, 3.63) is 24.2 Å². The summed E-state index contributed by atoms with van der Waals surface area (Å²) in [5, 5.41) is 7.39. The lowest BCUT2D eigenvalue weighted by Crippen LogP contribution is -2.43. The van der Waals surface area contributed by atoms with Crippen molar-refractivity contribution in [2.24, 2.45) is 0 Å². The van der Waals surface area contributed by atoms with Gasteiger partial charge < -0.3 is 20.4 Å². The number of amides is 3. The molecule has 0 atom stereocenters. The molecule has 7 heteroatoms. The van der Waals surface area contributed by atoms with E-state index in [1.54, 1.807) is 6.07 Å². The minimum Gasteiger partial charge on any atom is -0.459 e. The van der Waals surface area contributed by atoms with Gasteiger partial charge in [-0.15, -0.1) is 0 Å². The van der Waals surface area contributed by atoms with Crippen LogP contribution in [-0.2, 0) is 9.59 Å². The fraction of sp³-hybridized carbons (Fsp3) is 0.417. The molecule has 0 spiro atoms. The molecule has 0 radical (unpaired) electrons. The topological polar surface area (TPSA) is 100 Å². The van der Waals surface area contributed by atoms with E-state index in [9.17, 15) is 14.4 Å². The van der Waals surface area contributed by atoms with E-state index in [2.05, 4.69) is 16.0 Å². The van der Waals surface area contributed by atoms with E-state index in [1.807, 2.05) is 13.8 Å². The largest absolute Gasteiger partial charge is 0.459 e. The van der Waals surface area contributed by atoms with Crippen LogP contribution in [0.25, 0.3) is 0 Å². The average Bonchev–Trinajstić information content (AvgIpc) is 2.86. The molecule has 1 heterocycles. The lowest BCUT2D eigenvalue weighted by molar-refractivity contribution is -0.125. The first-order valence-corrected chi connectivity index (χ1v) is 5.87. The maximum absolute atomic E-state index is 11.4. The average molecular weight is 267 g/mol. The van der Waals surface area contributed by atoms with Gasteiger partial charge in [0.2, 0.25) is 11.8 Å². The molecule has 0 fully saturated rings. The van der Waals surface area contributed by atoms with Gasteiger partial charge in [-0.3, -0.25) is 14.4 Å². The van der Waals surface area contributed by atoms with Crippen LogP contribution in [0.2, 0.25) is 0 Å². The Morgan fingerprint density at radius 3 is 2.42 bits per heavy atom. The molecule has 7 nitrogen and oxygen atoms in total. The van der Waals surface area contributed by atoms with E-state index in [4.69, 9.17) is 4.42 Å². The van der Waals surface area contributed by atoms with Crippen molar-refractivity contribution >= 4 is 17.7 Å². The van der Waals surface area contributed by atoms with Crippen molar-refractivity contribution in [1.29, 1.82) is 0 Å². The zero-order chi connectivity index (χ0) is 14.3. The molecule has 104 valence electrons. The quantitative estimate of drug-likeness (QED) is 0.656. The minimum atomic E-state index is -0.480. The zero-order valence-electron chi connectivity index (χ0n) is 10.9. The maximum Gasteiger partial charge on any atom is 0.287 e. The summed E-state index contributed by atoms with van der Waals surface area (Å²) in [6, 6.07) is 3.08. The standard InChI is InChI=1S/C12H17N3O4/c1-8(2)15-11(17)7-13-10(16)6-14-12(18)9-4-3-5-19-9/h3-5,8H,6-7H2,1-2H3,(H,13,16)(H,14,18)(H,15,17). The molecule has 3 N–H and O–H groups in total. The van der Waals surface area contributed by atoms with E-state index in [0.29, 0.717) is 0 Å². The summed E-state index contributed by atoms with van der Waals surface area (Å²) in [6.07, 6.45) is 1.37. The van der Waals surface area contributed by atoms with Gasteiger partial charge in [0.1, 0.15) is 0 Å². The van der Waals surface area contributed by atoms with Gasteiger partial charge in [-0.1, -0.05) is 0 Å². The Hall–Kier alpha value is -2.31. The molecular weight excluding hydrogens is 250 g/mol. The Balaban J connectivity index is 2.21. The highest BCUT2D eigenvalue weighted by Crippen LogP contribution is 1.98. The normalized spacial score (nSPS) is 10.1. The third-order valence-electron chi connectivity index (χ3n) is 2.05. The number of hydrogen-bond donors (Lipinski definition) is 3. The summed E-state index contributed by atoms with van der Waals surface area (Å²) < 4.78 is 4.86. The molecule has 0 aromatic carbocycles. The van der Waals surface area contributed by atoms with Crippen LogP contribution in [0.4, 0.5) is 0 Å². The predicted molar refractivity (Wildman–Crippen MR) is 67.3 cm³/mol. The molecule has 0 unspecified atom stereocenters. The van der Waals surface area contributed by atoms with Crippen molar-refractivity contribution in [2.45, 2.75) is 19.9 Å². The summed E-state index contributed by atoms with van der Waals surface area (Å²) in [5.74, 6) is -1.07. The lowest BCUT2D eigenvalue weighted by Gasteiger charge is -2.09. The summed E-state index contributed by atoms with van der Waals surface area (Å²) in [6.45, 7) is 3.31.